The summed E-state index contributed by atoms with van der Waals surface area (Å²) < 4.78 is 41.0. The second-order valence-corrected chi connectivity index (χ2v) is 7.28. The summed E-state index contributed by atoms with van der Waals surface area (Å²) in [6.07, 6.45) is -0.856. The number of nitrogens with one attached hydrogen (secondary N) is 2. The minimum atomic E-state index is -4.75. The molecular weight excluding hydrogens is 431 g/mol. The number of anilines is 1. The van der Waals surface area contributed by atoms with Gasteiger partial charge in [0.05, 0.1) is 17.8 Å². The molecule has 11 heteroatoms. The van der Waals surface area contributed by atoms with Crippen LogP contribution in [0.3, 0.4) is 0 Å². The van der Waals surface area contributed by atoms with Gasteiger partial charge in [0.1, 0.15) is 11.6 Å². The lowest BCUT2D eigenvalue weighted by Crippen LogP contribution is -2.23. The van der Waals surface area contributed by atoms with Crippen molar-refractivity contribution in [1.82, 2.24) is 15.3 Å². The molecule has 0 aliphatic carbocycles. The summed E-state index contributed by atoms with van der Waals surface area (Å²) >= 11 is 1.22. The molecule has 1 aromatic carbocycles. The van der Waals surface area contributed by atoms with Crippen LogP contribution in [0.4, 0.5) is 19.0 Å². The first kappa shape index (κ1) is 22.1. The van der Waals surface area contributed by atoms with Gasteiger partial charge in [-0.05, 0) is 36.4 Å². The van der Waals surface area contributed by atoms with Crippen LogP contribution in [0.25, 0.3) is 0 Å². The lowest BCUT2D eigenvalue weighted by Gasteiger charge is -2.10. The summed E-state index contributed by atoms with van der Waals surface area (Å²) in [6, 6.07) is 10.5. The van der Waals surface area contributed by atoms with E-state index < -0.39 is 12.3 Å². The third kappa shape index (κ3) is 6.44. The van der Waals surface area contributed by atoms with E-state index in [-0.39, 0.29) is 23.7 Å². The number of carbonyl (C=O) groups is 1. The molecule has 1 amide bonds. The van der Waals surface area contributed by atoms with E-state index in [0.29, 0.717) is 21.0 Å². The summed E-state index contributed by atoms with van der Waals surface area (Å²) in [4.78, 5) is 21.6. The number of nitrogens with zero attached hydrogens (tertiary/aromatic N) is 2. The summed E-state index contributed by atoms with van der Waals surface area (Å²) in [5.74, 6) is -0.526. The van der Waals surface area contributed by atoms with Crippen LogP contribution < -0.4 is 15.8 Å². The highest BCUT2D eigenvalue weighted by molar-refractivity contribution is 7.99. The molecule has 3 rings (SSSR count). The van der Waals surface area contributed by atoms with Crippen LogP contribution in [0, 0.1) is 5.41 Å². The number of nitrogen functional groups attached to an aromatic ring is 1. The van der Waals surface area contributed by atoms with E-state index in [1.165, 1.54) is 42.2 Å². The fraction of sp³-hybridized carbons (Fsp3) is 0.100. The zero-order chi connectivity index (χ0) is 22.4. The normalized spacial score (nSPS) is 11.1. The van der Waals surface area contributed by atoms with Crippen LogP contribution in [0.15, 0.2) is 64.6 Å². The first-order chi connectivity index (χ1) is 14.7. The van der Waals surface area contributed by atoms with Gasteiger partial charge in [0.25, 0.3) is 5.91 Å². The van der Waals surface area contributed by atoms with Crippen molar-refractivity contribution in [2.24, 2.45) is 0 Å². The summed E-state index contributed by atoms with van der Waals surface area (Å²) in [6.45, 7) is 0.156. The van der Waals surface area contributed by atoms with Gasteiger partial charge in [-0.25, -0.2) is 4.98 Å². The highest BCUT2D eigenvalue weighted by atomic mass is 32.2. The molecule has 0 saturated heterocycles. The SMILES string of the molecule is N=Cc1cc(C(=O)NCc2ccc(Sc3cccc(OC(F)(F)F)c3)cn2)cnc1N. The van der Waals surface area contributed by atoms with Crippen LogP contribution in [0.5, 0.6) is 5.75 Å². The Balaban J connectivity index is 1.59. The van der Waals surface area contributed by atoms with Gasteiger partial charge in [-0.2, -0.15) is 0 Å². The second-order valence-electron chi connectivity index (χ2n) is 6.14. The number of halogens is 3. The molecule has 4 N–H and O–H groups in total. The maximum absolute atomic E-state index is 12.3. The van der Waals surface area contributed by atoms with Crippen molar-refractivity contribution in [3.05, 3.63) is 71.7 Å². The molecule has 0 spiro atoms. The standard InChI is InChI=1S/C20H16F3N5O2S/c21-20(22,23)30-15-2-1-3-16(7-15)31-17-5-4-14(26-11-17)10-28-19(29)13-6-12(8-24)18(25)27-9-13/h1-9,11,24H,10H2,(H2,25,27)(H,28,29). The number of alkyl halides is 3. The first-order valence-corrected chi connectivity index (χ1v) is 9.58. The molecule has 0 fully saturated rings. The fourth-order valence-corrected chi connectivity index (χ4v) is 3.29. The van der Waals surface area contributed by atoms with Gasteiger partial charge < -0.3 is 21.2 Å². The molecule has 0 unspecified atom stereocenters. The van der Waals surface area contributed by atoms with Crippen molar-refractivity contribution in [1.29, 1.82) is 5.41 Å². The molecule has 2 aromatic heterocycles. The molecule has 2 heterocycles. The van der Waals surface area contributed by atoms with Crippen LogP contribution in [0.1, 0.15) is 21.6 Å². The molecule has 0 aliphatic heterocycles. The topological polar surface area (TPSA) is 114 Å². The van der Waals surface area contributed by atoms with Gasteiger partial charge in [-0.15, -0.1) is 13.2 Å². The Kier molecular flexibility index (Phi) is 6.75. The third-order valence-electron chi connectivity index (χ3n) is 3.87. The zero-order valence-electron chi connectivity index (χ0n) is 15.8. The summed E-state index contributed by atoms with van der Waals surface area (Å²) in [5.41, 5.74) is 6.80. The number of benzene rings is 1. The lowest BCUT2D eigenvalue weighted by molar-refractivity contribution is -0.274. The summed E-state index contributed by atoms with van der Waals surface area (Å²) in [7, 11) is 0. The Hall–Kier alpha value is -3.60. The number of carbonyl (C=O) groups excluding carboxylic acids is 1. The molecule has 0 atom stereocenters. The summed E-state index contributed by atoms with van der Waals surface area (Å²) in [5, 5.41) is 9.96. The van der Waals surface area contributed by atoms with E-state index in [9.17, 15) is 18.0 Å². The Morgan fingerprint density at radius 3 is 2.65 bits per heavy atom. The van der Waals surface area contributed by atoms with E-state index in [4.69, 9.17) is 11.1 Å². The maximum atomic E-state index is 12.3. The quantitative estimate of drug-likeness (QED) is 0.471. The largest absolute Gasteiger partial charge is 0.573 e. The Morgan fingerprint density at radius 1 is 1.16 bits per heavy atom. The Bertz CT molecular complexity index is 1090. The van der Waals surface area contributed by atoms with E-state index in [2.05, 4.69) is 20.0 Å². The molecule has 7 nitrogen and oxygen atoms in total. The number of pyridine rings is 2. The van der Waals surface area contributed by atoms with Gasteiger partial charge in [0.15, 0.2) is 0 Å². The van der Waals surface area contributed by atoms with Crippen molar-refractivity contribution in [2.75, 3.05) is 5.73 Å². The van der Waals surface area contributed by atoms with Crippen LogP contribution in [-0.2, 0) is 6.54 Å². The third-order valence-corrected chi connectivity index (χ3v) is 4.84. The van der Waals surface area contributed by atoms with Gasteiger partial charge >= 0.3 is 6.36 Å². The number of hydrogen-bond donors (Lipinski definition) is 3. The Morgan fingerprint density at radius 2 is 1.97 bits per heavy atom. The highest BCUT2D eigenvalue weighted by Crippen LogP contribution is 2.31. The van der Waals surface area contributed by atoms with Crippen molar-refractivity contribution in [2.45, 2.75) is 22.7 Å². The van der Waals surface area contributed by atoms with E-state index in [1.807, 2.05) is 0 Å². The van der Waals surface area contributed by atoms with Crippen molar-refractivity contribution >= 4 is 29.7 Å². The zero-order valence-corrected chi connectivity index (χ0v) is 16.6. The molecule has 0 radical (unpaired) electrons. The number of ether oxygens (including phenoxy) is 1. The fourth-order valence-electron chi connectivity index (χ4n) is 2.45. The number of rotatable bonds is 7. The number of nitrogens with two attached hydrogens (primary N) is 1. The van der Waals surface area contributed by atoms with Crippen molar-refractivity contribution in [3.8, 4) is 5.75 Å². The molecule has 31 heavy (non-hydrogen) atoms. The maximum Gasteiger partial charge on any atom is 0.573 e. The number of hydrogen-bond acceptors (Lipinski definition) is 7. The van der Waals surface area contributed by atoms with Gasteiger partial charge in [0, 0.05) is 34.0 Å². The number of amides is 1. The molecule has 0 saturated carbocycles. The monoisotopic (exact) mass is 447 g/mol. The predicted molar refractivity (Wildman–Crippen MR) is 109 cm³/mol. The Labute approximate surface area is 179 Å². The van der Waals surface area contributed by atoms with Gasteiger partial charge in [0.2, 0.25) is 0 Å². The van der Waals surface area contributed by atoms with Gasteiger partial charge in [-0.3, -0.25) is 9.78 Å². The van der Waals surface area contributed by atoms with Gasteiger partial charge in [-0.1, -0.05) is 17.8 Å². The molecule has 0 bridgehead atoms. The second kappa shape index (κ2) is 9.47. The molecule has 160 valence electrons. The van der Waals surface area contributed by atoms with Crippen molar-refractivity contribution < 1.29 is 22.7 Å². The smallest absolute Gasteiger partial charge is 0.406 e. The lowest BCUT2D eigenvalue weighted by atomic mass is 10.2. The van der Waals surface area contributed by atoms with Crippen LogP contribution in [0.2, 0.25) is 0 Å². The molecule has 0 aliphatic rings. The first-order valence-electron chi connectivity index (χ1n) is 8.76. The predicted octanol–water partition coefficient (Wildman–Crippen LogP) is 4.04. The minimum Gasteiger partial charge on any atom is -0.406 e. The average molecular weight is 447 g/mol. The number of aromatic nitrogens is 2. The molecule has 3 aromatic rings. The van der Waals surface area contributed by atoms with Crippen LogP contribution >= 0.6 is 11.8 Å². The highest BCUT2D eigenvalue weighted by Gasteiger charge is 2.31. The van der Waals surface area contributed by atoms with Crippen molar-refractivity contribution in [3.63, 3.8) is 0 Å². The average Bonchev–Trinajstić information content (AvgIpc) is 2.72. The van der Waals surface area contributed by atoms with E-state index in [1.54, 1.807) is 24.4 Å². The minimum absolute atomic E-state index is 0.156. The molecular formula is C20H16F3N5O2S. The van der Waals surface area contributed by atoms with E-state index >= 15 is 0 Å². The van der Waals surface area contributed by atoms with Crippen LogP contribution in [-0.4, -0.2) is 28.5 Å². The van der Waals surface area contributed by atoms with E-state index in [0.717, 1.165) is 6.21 Å².